The van der Waals surface area contributed by atoms with Gasteiger partial charge in [0.15, 0.2) is 0 Å². The van der Waals surface area contributed by atoms with Crippen molar-refractivity contribution in [2.24, 2.45) is 11.7 Å². The second-order valence-corrected chi connectivity index (χ2v) is 7.09. The highest BCUT2D eigenvalue weighted by atomic mass is 16.6. The zero-order chi connectivity index (χ0) is 18.9. The average Bonchev–Trinajstić information content (AvgIpc) is 2.42. The number of alkyl carbamates (subject to hydrolysis) is 1. The Balaban J connectivity index is 4.13. The Morgan fingerprint density at radius 2 is 1.75 bits per heavy atom. The van der Waals surface area contributed by atoms with Crippen LogP contribution in [-0.4, -0.2) is 47.3 Å². The van der Waals surface area contributed by atoms with E-state index in [-0.39, 0.29) is 12.3 Å². The quantitative estimate of drug-likeness (QED) is 0.465. The van der Waals surface area contributed by atoms with Crippen LogP contribution in [-0.2, 0) is 14.3 Å². The third-order valence-corrected chi connectivity index (χ3v) is 3.22. The molecule has 0 rings (SSSR count). The lowest BCUT2D eigenvalue weighted by molar-refractivity contribution is -0.142. The van der Waals surface area contributed by atoms with Crippen molar-refractivity contribution in [1.29, 1.82) is 0 Å². The number of nitrogens with two attached hydrogens (primary N) is 1. The maximum atomic E-state index is 11.8. The van der Waals surface area contributed by atoms with Gasteiger partial charge in [-0.25, -0.2) is 9.59 Å². The molecule has 0 radical (unpaired) electrons. The van der Waals surface area contributed by atoms with Crippen molar-refractivity contribution in [3.63, 3.8) is 0 Å². The van der Waals surface area contributed by atoms with Crippen molar-refractivity contribution in [2.45, 2.75) is 71.6 Å². The summed E-state index contributed by atoms with van der Waals surface area (Å²) < 4.78 is 5.09. The summed E-state index contributed by atoms with van der Waals surface area (Å²) in [4.78, 5) is 34.5. The van der Waals surface area contributed by atoms with E-state index in [2.05, 4.69) is 10.6 Å². The number of nitrogens with one attached hydrogen (secondary N) is 2. The van der Waals surface area contributed by atoms with Crippen molar-refractivity contribution >= 4 is 18.0 Å². The van der Waals surface area contributed by atoms with Crippen molar-refractivity contribution in [2.75, 3.05) is 6.54 Å². The molecule has 0 aliphatic rings. The number of carboxylic acids is 1. The molecule has 0 aliphatic carbocycles. The second-order valence-electron chi connectivity index (χ2n) is 7.09. The van der Waals surface area contributed by atoms with Crippen molar-refractivity contribution in [3.05, 3.63) is 0 Å². The molecule has 0 saturated heterocycles. The van der Waals surface area contributed by atoms with Crippen LogP contribution >= 0.6 is 0 Å². The van der Waals surface area contributed by atoms with E-state index >= 15 is 0 Å². The van der Waals surface area contributed by atoms with Crippen LogP contribution in [0.5, 0.6) is 0 Å². The molecule has 0 bridgehead atoms. The predicted octanol–water partition coefficient (Wildman–Crippen LogP) is 1.23. The number of amides is 2. The maximum absolute atomic E-state index is 11.8. The Morgan fingerprint density at radius 3 is 2.21 bits per heavy atom. The molecule has 0 fully saturated rings. The number of carbonyl (C=O) groups is 3. The Labute approximate surface area is 143 Å². The molecule has 0 saturated carbocycles. The van der Waals surface area contributed by atoms with Crippen LogP contribution in [0.2, 0.25) is 0 Å². The van der Waals surface area contributed by atoms with Gasteiger partial charge < -0.3 is 26.2 Å². The van der Waals surface area contributed by atoms with E-state index in [1.165, 1.54) is 0 Å². The molecule has 0 aliphatic heterocycles. The molecule has 140 valence electrons. The lowest BCUT2D eigenvalue weighted by Gasteiger charge is -2.20. The van der Waals surface area contributed by atoms with E-state index in [1.54, 1.807) is 34.6 Å². The van der Waals surface area contributed by atoms with Crippen LogP contribution in [0.1, 0.15) is 53.9 Å². The predicted molar refractivity (Wildman–Crippen MR) is 90.5 cm³/mol. The van der Waals surface area contributed by atoms with Gasteiger partial charge in [-0.05, 0) is 46.0 Å². The van der Waals surface area contributed by atoms with Crippen LogP contribution < -0.4 is 16.4 Å². The molecular weight excluding hydrogens is 314 g/mol. The van der Waals surface area contributed by atoms with Gasteiger partial charge in [0.05, 0.1) is 6.04 Å². The number of rotatable bonds is 9. The minimum Gasteiger partial charge on any atom is -0.480 e. The minimum atomic E-state index is -1.10. The Morgan fingerprint density at radius 1 is 1.17 bits per heavy atom. The fraction of sp³-hybridized carbons (Fsp3) is 0.812. The zero-order valence-electron chi connectivity index (χ0n) is 15.2. The van der Waals surface area contributed by atoms with Gasteiger partial charge in [-0.15, -0.1) is 0 Å². The first kappa shape index (κ1) is 22.2. The molecule has 5 N–H and O–H groups in total. The largest absolute Gasteiger partial charge is 0.480 e. The van der Waals surface area contributed by atoms with Crippen LogP contribution in [0.25, 0.3) is 0 Å². The minimum absolute atomic E-state index is 0.0718. The van der Waals surface area contributed by atoms with Crippen LogP contribution in [0.15, 0.2) is 0 Å². The monoisotopic (exact) mass is 345 g/mol. The van der Waals surface area contributed by atoms with Crippen molar-refractivity contribution < 1.29 is 24.2 Å². The molecule has 0 unspecified atom stereocenters. The summed E-state index contributed by atoms with van der Waals surface area (Å²) in [6.07, 6.45) is 0.870. The van der Waals surface area contributed by atoms with Crippen molar-refractivity contribution in [1.82, 2.24) is 10.6 Å². The molecule has 0 spiro atoms. The summed E-state index contributed by atoms with van der Waals surface area (Å²) in [6, 6.07) is -1.72. The van der Waals surface area contributed by atoms with E-state index in [1.807, 2.05) is 0 Å². The summed E-state index contributed by atoms with van der Waals surface area (Å²) in [7, 11) is 0. The summed E-state index contributed by atoms with van der Waals surface area (Å²) in [6.45, 7) is 9.28. The number of aliphatic carboxylic acids is 1. The van der Waals surface area contributed by atoms with E-state index in [9.17, 15) is 14.4 Å². The molecule has 24 heavy (non-hydrogen) atoms. The first-order valence-electron chi connectivity index (χ1n) is 8.19. The van der Waals surface area contributed by atoms with Gasteiger partial charge in [-0.3, -0.25) is 4.79 Å². The topological polar surface area (TPSA) is 131 Å². The Bertz CT molecular complexity index is 432. The number of unbranched alkanes of at least 4 members (excludes halogenated alkanes) is 1. The molecule has 8 heteroatoms. The Kier molecular flexibility index (Phi) is 9.35. The zero-order valence-corrected chi connectivity index (χ0v) is 15.2. The fourth-order valence-corrected chi connectivity index (χ4v) is 1.81. The van der Waals surface area contributed by atoms with Gasteiger partial charge in [-0.1, -0.05) is 13.8 Å². The van der Waals surface area contributed by atoms with Gasteiger partial charge in [0.2, 0.25) is 5.91 Å². The number of carbonyl (C=O) groups excluding carboxylic acids is 2. The third-order valence-electron chi connectivity index (χ3n) is 3.22. The van der Waals surface area contributed by atoms with Crippen LogP contribution in [0.4, 0.5) is 4.79 Å². The molecular formula is C16H31N3O5. The molecule has 2 amide bonds. The lowest BCUT2D eigenvalue weighted by atomic mass is 10.0. The van der Waals surface area contributed by atoms with Gasteiger partial charge in [0, 0.05) is 6.54 Å². The molecule has 0 aromatic carbocycles. The first-order valence-corrected chi connectivity index (χ1v) is 8.19. The van der Waals surface area contributed by atoms with Crippen LogP contribution in [0, 0.1) is 5.92 Å². The molecule has 8 nitrogen and oxygen atoms in total. The van der Waals surface area contributed by atoms with Gasteiger partial charge >= 0.3 is 12.1 Å². The molecule has 0 aromatic rings. The summed E-state index contributed by atoms with van der Waals surface area (Å²) in [5.74, 6) is -1.64. The summed E-state index contributed by atoms with van der Waals surface area (Å²) in [5, 5.41) is 14.2. The molecule has 0 aromatic heterocycles. The normalized spacial score (nSPS) is 14.0. The summed E-state index contributed by atoms with van der Waals surface area (Å²) in [5.41, 5.74) is 5.14. The second kappa shape index (κ2) is 10.1. The van der Waals surface area contributed by atoms with Gasteiger partial charge in [-0.2, -0.15) is 0 Å². The van der Waals surface area contributed by atoms with E-state index in [0.29, 0.717) is 19.4 Å². The van der Waals surface area contributed by atoms with E-state index in [4.69, 9.17) is 15.6 Å². The fourth-order valence-electron chi connectivity index (χ4n) is 1.81. The number of hydrogen-bond acceptors (Lipinski definition) is 5. The third kappa shape index (κ3) is 10.0. The van der Waals surface area contributed by atoms with E-state index in [0.717, 1.165) is 0 Å². The SMILES string of the molecule is CC(C)[C@H](N)C(=O)N[C@@H](CCCCNC(=O)OC(C)(C)C)C(=O)O. The smallest absolute Gasteiger partial charge is 0.407 e. The number of carboxylic acid groups (broad SMARTS) is 1. The van der Waals surface area contributed by atoms with E-state index < -0.39 is 35.7 Å². The lowest BCUT2D eigenvalue weighted by Crippen LogP contribution is -2.50. The number of hydrogen-bond donors (Lipinski definition) is 4. The Hall–Kier alpha value is -1.83. The van der Waals surface area contributed by atoms with Gasteiger partial charge in [0.1, 0.15) is 11.6 Å². The molecule has 2 atom stereocenters. The summed E-state index contributed by atoms with van der Waals surface area (Å²) >= 11 is 0. The standard InChI is InChI=1S/C16H31N3O5/c1-10(2)12(17)13(20)19-11(14(21)22)8-6-7-9-18-15(23)24-16(3,4)5/h10-12H,6-9,17H2,1-5H3,(H,18,23)(H,19,20)(H,21,22)/t11-,12-/m0/s1. The van der Waals surface area contributed by atoms with Gasteiger partial charge in [0.25, 0.3) is 0 Å². The average molecular weight is 345 g/mol. The van der Waals surface area contributed by atoms with Crippen molar-refractivity contribution in [3.8, 4) is 0 Å². The highest BCUT2D eigenvalue weighted by Gasteiger charge is 2.24. The number of ether oxygens (including phenoxy) is 1. The molecule has 0 heterocycles. The highest BCUT2D eigenvalue weighted by Crippen LogP contribution is 2.07. The highest BCUT2D eigenvalue weighted by molar-refractivity contribution is 5.86. The first-order chi connectivity index (χ1) is 10.9. The maximum Gasteiger partial charge on any atom is 0.407 e. The van der Waals surface area contributed by atoms with Crippen LogP contribution in [0.3, 0.4) is 0 Å².